The summed E-state index contributed by atoms with van der Waals surface area (Å²) < 4.78 is 0. The summed E-state index contributed by atoms with van der Waals surface area (Å²) in [6.45, 7) is 20.5. The van der Waals surface area contributed by atoms with Crippen LogP contribution >= 0.6 is 0 Å². The molecule has 3 heteroatoms. The Labute approximate surface area is 116 Å². The Morgan fingerprint density at radius 1 is 1.42 bits per heavy atom. The molecule has 0 radical (unpaired) electrons. The molecule has 0 unspecified atom stereocenters. The van der Waals surface area contributed by atoms with Crippen LogP contribution in [-0.4, -0.2) is 35.4 Å². The molecule has 1 aliphatic heterocycles. The predicted molar refractivity (Wildman–Crippen MR) is 82.2 cm³/mol. The van der Waals surface area contributed by atoms with Gasteiger partial charge in [-0.1, -0.05) is 31.4 Å². The van der Waals surface area contributed by atoms with Crippen molar-refractivity contribution in [1.29, 1.82) is 0 Å². The van der Waals surface area contributed by atoms with Crippen LogP contribution < -0.4 is 0 Å². The molecule has 0 aromatic heterocycles. The largest absolute Gasteiger partial charge is 0.388 e. The van der Waals surface area contributed by atoms with Crippen molar-refractivity contribution in [2.75, 3.05) is 13.1 Å². The second kappa shape index (κ2) is 6.02. The summed E-state index contributed by atoms with van der Waals surface area (Å²) in [5.74, 6) is 0.725. The topological polar surface area (TPSA) is 35.8 Å². The molecule has 1 N–H and O–H groups in total. The normalized spacial score (nSPS) is 24.5. The second-order valence-electron chi connectivity index (χ2n) is 5.38. The van der Waals surface area contributed by atoms with Crippen LogP contribution in [0.3, 0.4) is 0 Å². The minimum absolute atomic E-state index is 0.544. The van der Waals surface area contributed by atoms with Crippen molar-refractivity contribution in [1.82, 2.24) is 4.90 Å². The van der Waals surface area contributed by atoms with Crippen molar-refractivity contribution in [2.45, 2.75) is 32.3 Å². The number of nitrogens with zero attached hydrogens (tertiary/aromatic N) is 2. The first kappa shape index (κ1) is 15.4. The molecule has 3 nitrogen and oxygen atoms in total. The lowest BCUT2D eigenvalue weighted by Gasteiger charge is -2.38. The van der Waals surface area contributed by atoms with Gasteiger partial charge in [-0.3, -0.25) is 0 Å². The fourth-order valence-electron chi connectivity index (χ4n) is 2.34. The van der Waals surface area contributed by atoms with Crippen LogP contribution in [0.4, 0.5) is 0 Å². The molecule has 19 heavy (non-hydrogen) atoms. The molecule has 0 spiro atoms. The number of β-amino-alcohol motifs (C(OH)–C–C–N with tert-alkyl or cyclic N) is 1. The highest BCUT2D eigenvalue weighted by molar-refractivity contribution is 5.51. The van der Waals surface area contributed by atoms with Gasteiger partial charge in [0.15, 0.2) is 0 Å². The molecule has 1 atom stereocenters. The number of rotatable bonds is 5. The van der Waals surface area contributed by atoms with Gasteiger partial charge in [-0.05, 0) is 39.0 Å². The number of likely N-dealkylation sites (tertiary alicyclic amines) is 1. The Morgan fingerprint density at radius 2 is 2.05 bits per heavy atom. The first-order chi connectivity index (χ1) is 8.82. The first-order valence-corrected chi connectivity index (χ1v) is 6.48. The van der Waals surface area contributed by atoms with Gasteiger partial charge in [0.2, 0.25) is 0 Å². The molecule has 0 bridgehead atoms. The monoisotopic (exact) mass is 260 g/mol. The summed E-state index contributed by atoms with van der Waals surface area (Å²) >= 11 is 0. The Hall–Kier alpha value is -1.61. The third-order valence-corrected chi connectivity index (χ3v) is 3.41. The van der Waals surface area contributed by atoms with Crippen LogP contribution in [0.1, 0.15) is 26.7 Å². The maximum Gasteiger partial charge on any atom is 0.135 e. The number of allylic oxidation sites excluding steroid dienone is 4. The molecule has 0 aromatic carbocycles. The lowest BCUT2D eigenvalue weighted by molar-refractivity contribution is -0.00487. The van der Waals surface area contributed by atoms with E-state index in [0.29, 0.717) is 6.54 Å². The van der Waals surface area contributed by atoms with Gasteiger partial charge in [0.1, 0.15) is 5.82 Å². The molecule has 1 aliphatic rings. The van der Waals surface area contributed by atoms with E-state index < -0.39 is 5.60 Å². The van der Waals surface area contributed by atoms with E-state index in [1.54, 1.807) is 6.08 Å². The second-order valence-corrected chi connectivity index (χ2v) is 5.38. The van der Waals surface area contributed by atoms with Gasteiger partial charge >= 0.3 is 0 Å². The summed E-state index contributed by atoms with van der Waals surface area (Å²) in [5.41, 5.74) is 1.83. The maximum absolute atomic E-state index is 10.2. The van der Waals surface area contributed by atoms with Gasteiger partial charge in [-0.2, -0.15) is 0 Å². The highest BCUT2D eigenvalue weighted by atomic mass is 16.3. The molecule has 1 rings (SSSR count). The number of hydrogen-bond acceptors (Lipinski definition) is 3. The van der Waals surface area contributed by atoms with Crippen LogP contribution in [0, 0.1) is 0 Å². The average Bonchev–Trinajstić information content (AvgIpc) is 2.33. The lowest BCUT2D eigenvalue weighted by atomic mass is 9.94. The van der Waals surface area contributed by atoms with E-state index in [9.17, 15) is 5.11 Å². The predicted octanol–water partition coefficient (Wildman–Crippen LogP) is 3.06. The number of aliphatic imine (C=N–C) groups is 1. The van der Waals surface area contributed by atoms with Gasteiger partial charge in [0, 0.05) is 18.7 Å². The zero-order valence-corrected chi connectivity index (χ0v) is 12.1. The van der Waals surface area contributed by atoms with E-state index in [1.165, 1.54) is 0 Å². The Morgan fingerprint density at radius 3 is 2.47 bits per heavy atom. The van der Waals surface area contributed by atoms with Crippen LogP contribution in [0.25, 0.3) is 0 Å². The molecule has 0 aromatic rings. The fourth-order valence-corrected chi connectivity index (χ4v) is 2.34. The Balaban J connectivity index is 3.16. The van der Waals surface area contributed by atoms with E-state index >= 15 is 0 Å². The van der Waals surface area contributed by atoms with Gasteiger partial charge in [-0.25, -0.2) is 4.99 Å². The summed E-state index contributed by atoms with van der Waals surface area (Å²) in [6, 6.07) is 0. The Bertz CT molecular complexity index is 444. The minimum Gasteiger partial charge on any atom is -0.388 e. The third kappa shape index (κ3) is 3.67. The molecular formula is C16H24N2O. The van der Waals surface area contributed by atoms with Crippen LogP contribution in [0.2, 0.25) is 0 Å². The summed E-state index contributed by atoms with van der Waals surface area (Å²) in [6.07, 6.45) is 3.46. The Kier molecular flexibility index (Phi) is 4.90. The van der Waals surface area contributed by atoms with Crippen molar-refractivity contribution in [3.63, 3.8) is 0 Å². The summed E-state index contributed by atoms with van der Waals surface area (Å²) in [7, 11) is 0. The van der Waals surface area contributed by atoms with Gasteiger partial charge < -0.3 is 10.0 Å². The van der Waals surface area contributed by atoms with Gasteiger partial charge in [-0.15, -0.1) is 0 Å². The highest BCUT2D eigenvalue weighted by Crippen LogP contribution is 2.28. The van der Waals surface area contributed by atoms with Gasteiger partial charge in [0.25, 0.3) is 0 Å². The smallest absolute Gasteiger partial charge is 0.135 e. The van der Waals surface area contributed by atoms with Crippen molar-refractivity contribution in [3.8, 4) is 0 Å². The van der Waals surface area contributed by atoms with Crippen molar-refractivity contribution in [3.05, 3.63) is 48.4 Å². The highest BCUT2D eigenvalue weighted by Gasteiger charge is 2.30. The third-order valence-electron chi connectivity index (χ3n) is 3.41. The molecular weight excluding hydrogens is 236 g/mol. The van der Waals surface area contributed by atoms with Crippen molar-refractivity contribution in [2.24, 2.45) is 4.99 Å². The zero-order chi connectivity index (χ0) is 14.6. The molecule has 104 valence electrons. The van der Waals surface area contributed by atoms with E-state index in [2.05, 4.69) is 31.4 Å². The summed E-state index contributed by atoms with van der Waals surface area (Å²) in [5, 5.41) is 10.2. The zero-order valence-electron chi connectivity index (χ0n) is 12.1. The van der Waals surface area contributed by atoms with E-state index in [4.69, 9.17) is 0 Å². The minimum atomic E-state index is -0.689. The van der Waals surface area contributed by atoms with E-state index in [-0.39, 0.29) is 0 Å². The molecule has 1 heterocycles. The number of hydrogen-bond donors (Lipinski definition) is 1. The fraction of sp³-hybridized carbons (Fsp3) is 0.438. The van der Waals surface area contributed by atoms with Crippen molar-refractivity contribution >= 4 is 6.72 Å². The molecule has 0 aliphatic carbocycles. The molecule has 0 saturated carbocycles. The van der Waals surface area contributed by atoms with E-state index in [0.717, 1.165) is 41.9 Å². The quantitative estimate of drug-likeness (QED) is 0.609. The number of piperidine rings is 1. The number of aliphatic hydroxyl groups is 1. The first-order valence-electron chi connectivity index (χ1n) is 6.48. The molecule has 0 amide bonds. The van der Waals surface area contributed by atoms with Crippen molar-refractivity contribution < 1.29 is 5.11 Å². The standard InChI is InChI=1S/C16H24N2O/c1-7-14(13(4)12(2)3)15(17-6)18-10-8-9-16(5,19)11-18/h7,19H,1-2,4,6,8-11H2,3,5H3/b15-14+/t16-/m1/s1. The molecule has 1 saturated heterocycles. The maximum atomic E-state index is 10.2. The van der Waals surface area contributed by atoms with Gasteiger partial charge in [0.05, 0.1) is 5.60 Å². The summed E-state index contributed by atoms with van der Waals surface area (Å²) in [4.78, 5) is 6.17. The SMILES string of the molecule is C=C/C(C(=C)C(=C)C)=C(/N=C)N1CCC[C@@](C)(O)C1. The van der Waals surface area contributed by atoms with Crippen LogP contribution in [-0.2, 0) is 0 Å². The van der Waals surface area contributed by atoms with E-state index in [1.807, 2.05) is 18.7 Å². The average molecular weight is 260 g/mol. The lowest BCUT2D eigenvalue weighted by Crippen LogP contribution is -2.45. The molecule has 1 fully saturated rings. The van der Waals surface area contributed by atoms with Crippen LogP contribution in [0.15, 0.2) is 53.3 Å². The van der Waals surface area contributed by atoms with Crippen LogP contribution in [0.5, 0.6) is 0 Å².